The summed E-state index contributed by atoms with van der Waals surface area (Å²) >= 11 is 0. The van der Waals surface area contributed by atoms with Crippen LogP contribution in [0.25, 0.3) is 5.57 Å². The number of benzene rings is 2. The molecular formula is C25H30N2O5. The van der Waals surface area contributed by atoms with Crippen LogP contribution in [-0.2, 0) is 4.74 Å². The van der Waals surface area contributed by atoms with Crippen molar-refractivity contribution in [3.63, 3.8) is 0 Å². The van der Waals surface area contributed by atoms with Gasteiger partial charge in [0, 0.05) is 49.6 Å². The summed E-state index contributed by atoms with van der Waals surface area (Å²) in [5.74, 6) is 2.12. The van der Waals surface area contributed by atoms with Gasteiger partial charge in [-0.05, 0) is 36.3 Å². The Hall–Kier alpha value is -3.19. The van der Waals surface area contributed by atoms with Crippen LogP contribution >= 0.6 is 0 Å². The van der Waals surface area contributed by atoms with Crippen LogP contribution in [0.15, 0.2) is 42.5 Å². The number of nitrogens with zero attached hydrogens (tertiary/aromatic N) is 2. The van der Waals surface area contributed by atoms with Crippen LogP contribution in [0, 0.1) is 0 Å². The molecule has 0 aromatic heterocycles. The van der Waals surface area contributed by atoms with E-state index in [-0.39, 0.29) is 5.91 Å². The fraction of sp³-hybridized carbons (Fsp3) is 0.400. The molecule has 1 amide bonds. The Bertz CT molecular complexity index is 955. The minimum absolute atomic E-state index is 0.0440. The monoisotopic (exact) mass is 438 g/mol. The maximum absolute atomic E-state index is 13.1. The quantitative estimate of drug-likeness (QED) is 0.688. The number of hydrogen-bond donors (Lipinski definition) is 0. The van der Waals surface area contributed by atoms with Gasteiger partial charge in [0.2, 0.25) is 0 Å². The Morgan fingerprint density at radius 2 is 1.56 bits per heavy atom. The van der Waals surface area contributed by atoms with Crippen molar-refractivity contribution in [2.75, 3.05) is 65.6 Å². The Morgan fingerprint density at radius 1 is 0.906 bits per heavy atom. The molecular weight excluding hydrogens is 408 g/mol. The third-order valence-corrected chi connectivity index (χ3v) is 6.02. The number of amides is 1. The number of anilines is 1. The second-order valence-corrected chi connectivity index (χ2v) is 7.78. The number of carbonyl (C=O) groups excluding carboxylic acids is 1. The zero-order valence-corrected chi connectivity index (χ0v) is 18.9. The van der Waals surface area contributed by atoms with E-state index in [1.165, 1.54) is 0 Å². The number of methoxy groups -OCH3 is 3. The maximum Gasteiger partial charge on any atom is 0.254 e. The highest BCUT2D eigenvalue weighted by molar-refractivity contribution is 5.95. The molecule has 7 nitrogen and oxygen atoms in total. The van der Waals surface area contributed by atoms with Gasteiger partial charge in [0.05, 0.1) is 40.1 Å². The second-order valence-electron chi connectivity index (χ2n) is 7.78. The molecule has 1 saturated heterocycles. The Morgan fingerprint density at radius 3 is 2.09 bits per heavy atom. The standard InChI is InChI=1S/C25H30N2O5/c1-29-21-16-22(30-2)24(23(17-21)31-3)18-8-10-27(11-9-18)25(28)19-4-6-20(7-5-19)26-12-14-32-15-13-26/h4-8,16-17H,9-15H2,1-3H3. The molecule has 7 heteroatoms. The first-order chi connectivity index (χ1) is 15.6. The van der Waals surface area contributed by atoms with Crippen molar-refractivity contribution in [1.82, 2.24) is 4.90 Å². The predicted molar refractivity (Wildman–Crippen MR) is 124 cm³/mol. The highest BCUT2D eigenvalue weighted by Crippen LogP contribution is 2.41. The molecule has 0 N–H and O–H groups in total. The summed E-state index contributed by atoms with van der Waals surface area (Å²) in [6.45, 7) is 4.42. The molecule has 0 atom stereocenters. The third-order valence-electron chi connectivity index (χ3n) is 6.02. The van der Waals surface area contributed by atoms with Gasteiger partial charge in [0.1, 0.15) is 17.2 Å². The first-order valence-corrected chi connectivity index (χ1v) is 10.9. The number of ether oxygens (including phenoxy) is 4. The summed E-state index contributed by atoms with van der Waals surface area (Å²) < 4.78 is 21.9. The van der Waals surface area contributed by atoms with Crippen LogP contribution in [0.3, 0.4) is 0 Å². The van der Waals surface area contributed by atoms with Crippen molar-refractivity contribution in [3.05, 3.63) is 53.6 Å². The topological polar surface area (TPSA) is 60.5 Å². The van der Waals surface area contributed by atoms with E-state index in [0.29, 0.717) is 35.9 Å². The van der Waals surface area contributed by atoms with E-state index in [1.54, 1.807) is 21.3 Å². The van der Waals surface area contributed by atoms with Gasteiger partial charge in [0.25, 0.3) is 5.91 Å². The molecule has 4 rings (SSSR count). The average molecular weight is 439 g/mol. The zero-order chi connectivity index (χ0) is 22.5. The average Bonchev–Trinajstić information content (AvgIpc) is 2.88. The molecule has 170 valence electrons. The van der Waals surface area contributed by atoms with E-state index in [0.717, 1.165) is 49.5 Å². The van der Waals surface area contributed by atoms with Gasteiger partial charge in [0.15, 0.2) is 0 Å². The lowest BCUT2D eigenvalue weighted by Gasteiger charge is -2.30. The van der Waals surface area contributed by atoms with Gasteiger partial charge >= 0.3 is 0 Å². The largest absolute Gasteiger partial charge is 0.496 e. The van der Waals surface area contributed by atoms with Gasteiger partial charge in [-0.3, -0.25) is 4.79 Å². The summed E-state index contributed by atoms with van der Waals surface area (Å²) in [7, 11) is 4.89. The summed E-state index contributed by atoms with van der Waals surface area (Å²) in [5.41, 5.74) is 3.86. The van der Waals surface area contributed by atoms with E-state index in [2.05, 4.69) is 11.0 Å². The van der Waals surface area contributed by atoms with Crippen molar-refractivity contribution < 1.29 is 23.7 Å². The molecule has 0 radical (unpaired) electrons. The molecule has 0 spiro atoms. The predicted octanol–water partition coefficient (Wildman–Crippen LogP) is 3.48. The van der Waals surface area contributed by atoms with Crippen molar-refractivity contribution in [1.29, 1.82) is 0 Å². The number of carbonyl (C=O) groups is 1. The SMILES string of the molecule is COc1cc(OC)c(C2=CCN(C(=O)c3ccc(N4CCOCC4)cc3)CC2)c(OC)c1. The molecule has 0 bridgehead atoms. The highest BCUT2D eigenvalue weighted by Gasteiger charge is 2.24. The smallest absolute Gasteiger partial charge is 0.254 e. The molecule has 1 fully saturated rings. The number of rotatable bonds is 6. The van der Waals surface area contributed by atoms with Crippen LogP contribution in [0.4, 0.5) is 5.69 Å². The summed E-state index contributed by atoms with van der Waals surface area (Å²) in [6, 6.07) is 11.6. The first-order valence-electron chi connectivity index (χ1n) is 10.9. The van der Waals surface area contributed by atoms with Crippen LogP contribution in [-0.4, -0.2) is 71.5 Å². The molecule has 0 aliphatic carbocycles. The summed E-state index contributed by atoms with van der Waals surface area (Å²) in [5, 5.41) is 0. The maximum atomic E-state index is 13.1. The van der Waals surface area contributed by atoms with E-state index >= 15 is 0 Å². The minimum atomic E-state index is 0.0440. The molecule has 2 aliphatic heterocycles. The van der Waals surface area contributed by atoms with Crippen LogP contribution < -0.4 is 19.1 Å². The van der Waals surface area contributed by atoms with Crippen LogP contribution in [0.5, 0.6) is 17.2 Å². The zero-order valence-electron chi connectivity index (χ0n) is 18.9. The van der Waals surface area contributed by atoms with Gasteiger partial charge in [-0.2, -0.15) is 0 Å². The lowest BCUT2D eigenvalue weighted by Crippen LogP contribution is -2.36. The molecule has 2 aromatic carbocycles. The second kappa shape index (κ2) is 9.96. The normalized spacial score (nSPS) is 16.4. The molecule has 32 heavy (non-hydrogen) atoms. The van der Waals surface area contributed by atoms with Crippen molar-refractivity contribution in [2.24, 2.45) is 0 Å². The van der Waals surface area contributed by atoms with E-state index in [9.17, 15) is 4.79 Å². The number of morpholine rings is 1. The molecule has 2 aromatic rings. The summed E-state index contributed by atoms with van der Waals surface area (Å²) in [6.07, 6.45) is 2.80. The molecule has 0 unspecified atom stereocenters. The first kappa shape index (κ1) is 22.0. The Kier molecular flexibility index (Phi) is 6.85. The number of hydrogen-bond acceptors (Lipinski definition) is 6. The lowest BCUT2D eigenvalue weighted by atomic mass is 9.96. The Labute approximate surface area is 189 Å². The van der Waals surface area contributed by atoms with Crippen LogP contribution in [0.1, 0.15) is 22.3 Å². The lowest BCUT2D eigenvalue weighted by molar-refractivity contribution is 0.0773. The van der Waals surface area contributed by atoms with Gasteiger partial charge in [-0.25, -0.2) is 0 Å². The van der Waals surface area contributed by atoms with Gasteiger partial charge in [-0.15, -0.1) is 0 Å². The van der Waals surface area contributed by atoms with Crippen molar-refractivity contribution in [3.8, 4) is 17.2 Å². The van der Waals surface area contributed by atoms with Crippen LogP contribution in [0.2, 0.25) is 0 Å². The van der Waals surface area contributed by atoms with Crippen molar-refractivity contribution >= 4 is 17.2 Å². The summed E-state index contributed by atoms with van der Waals surface area (Å²) in [4.78, 5) is 17.2. The van der Waals surface area contributed by atoms with E-state index < -0.39 is 0 Å². The minimum Gasteiger partial charge on any atom is -0.496 e. The highest BCUT2D eigenvalue weighted by atomic mass is 16.5. The molecule has 2 aliphatic rings. The fourth-order valence-corrected chi connectivity index (χ4v) is 4.22. The Balaban J connectivity index is 1.48. The fourth-order valence-electron chi connectivity index (χ4n) is 4.22. The van der Waals surface area contributed by atoms with E-state index in [1.807, 2.05) is 41.3 Å². The molecule has 2 heterocycles. The van der Waals surface area contributed by atoms with Gasteiger partial charge < -0.3 is 28.7 Å². The van der Waals surface area contributed by atoms with Crippen molar-refractivity contribution in [2.45, 2.75) is 6.42 Å². The van der Waals surface area contributed by atoms with E-state index in [4.69, 9.17) is 18.9 Å². The van der Waals surface area contributed by atoms with Gasteiger partial charge in [-0.1, -0.05) is 6.08 Å². The third kappa shape index (κ3) is 4.53. The molecule has 0 saturated carbocycles.